The Hall–Kier alpha value is -2.90. The molecule has 1 aliphatic rings. The van der Waals surface area contributed by atoms with Gasteiger partial charge in [0.15, 0.2) is 12.6 Å². The molecule has 0 radical (unpaired) electrons. The number of amides is 2. The first kappa shape index (κ1) is 22.8. The number of hydrogen-bond acceptors (Lipinski definition) is 4. The number of likely N-dealkylation sites (N-methyl/N-ethyl adjacent to an activating group) is 1. The summed E-state index contributed by atoms with van der Waals surface area (Å²) in [5, 5.41) is 5.92. The number of hydrogen-bond donors (Lipinski definition) is 3. The fraction of sp³-hybridized carbons (Fsp3) is 0.417. The van der Waals surface area contributed by atoms with E-state index >= 15 is 0 Å². The zero-order chi connectivity index (χ0) is 22.4. The van der Waals surface area contributed by atoms with Crippen LogP contribution in [0.15, 0.2) is 42.5 Å². The number of nitrogens with one attached hydrogen (secondary N) is 3. The fourth-order valence-corrected chi connectivity index (χ4v) is 3.52. The van der Waals surface area contributed by atoms with Gasteiger partial charge in [0.1, 0.15) is 0 Å². The topological polar surface area (TPSA) is 75.1 Å². The van der Waals surface area contributed by atoms with Gasteiger partial charge in [-0.25, -0.2) is 0 Å². The number of morpholine rings is 1. The van der Waals surface area contributed by atoms with Crippen molar-refractivity contribution in [1.29, 1.82) is 0 Å². The third kappa shape index (κ3) is 6.29. The van der Waals surface area contributed by atoms with Crippen molar-refractivity contribution in [2.75, 3.05) is 55.4 Å². The second-order valence-corrected chi connectivity index (χ2v) is 8.25. The van der Waals surface area contributed by atoms with Crippen LogP contribution in [-0.2, 0) is 14.3 Å². The molecular weight excluding hydrogens is 392 g/mol. The van der Waals surface area contributed by atoms with E-state index in [-0.39, 0.29) is 24.4 Å². The molecule has 2 aromatic rings. The number of anilines is 3. The van der Waals surface area contributed by atoms with E-state index < -0.39 is 0 Å². The molecule has 2 amide bonds. The van der Waals surface area contributed by atoms with E-state index in [1.165, 1.54) is 0 Å². The SMILES string of the molecule is Cc1ccc(C)c(NC(=O)C[NH+](C)[C@@H](C)C(=O)Nc2ccc(N3CCOCC3)cc2)c1. The molecule has 0 saturated carbocycles. The van der Waals surface area contributed by atoms with Crippen molar-refractivity contribution in [1.82, 2.24) is 0 Å². The van der Waals surface area contributed by atoms with Crippen molar-refractivity contribution in [3.05, 3.63) is 53.6 Å². The maximum absolute atomic E-state index is 12.7. The van der Waals surface area contributed by atoms with Crippen LogP contribution >= 0.6 is 0 Å². The molecule has 7 heteroatoms. The van der Waals surface area contributed by atoms with Crippen LogP contribution in [0.25, 0.3) is 0 Å². The molecule has 3 rings (SSSR count). The normalized spacial score (nSPS) is 15.8. The Morgan fingerprint density at radius 3 is 2.42 bits per heavy atom. The lowest BCUT2D eigenvalue weighted by molar-refractivity contribution is -0.885. The van der Waals surface area contributed by atoms with E-state index in [1.54, 1.807) is 0 Å². The minimum atomic E-state index is -0.372. The van der Waals surface area contributed by atoms with Crippen LogP contribution in [-0.4, -0.2) is 57.8 Å². The van der Waals surface area contributed by atoms with Crippen molar-refractivity contribution in [3.63, 3.8) is 0 Å². The molecule has 3 N–H and O–H groups in total. The van der Waals surface area contributed by atoms with Crippen molar-refractivity contribution < 1.29 is 19.2 Å². The van der Waals surface area contributed by atoms with E-state index in [0.717, 1.165) is 59.4 Å². The molecule has 2 aromatic carbocycles. The molecule has 0 aromatic heterocycles. The molecule has 1 unspecified atom stereocenters. The second kappa shape index (κ2) is 10.4. The molecule has 0 spiro atoms. The molecular formula is C24H33N4O3+. The van der Waals surface area contributed by atoms with Crippen LogP contribution in [0.1, 0.15) is 18.1 Å². The Morgan fingerprint density at radius 2 is 1.74 bits per heavy atom. The lowest BCUT2D eigenvalue weighted by Crippen LogP contribution is -3.14. The number of aryl methyl sites for hydroxylation is 2. The smallest absolute Gasteiger partial charge is 0.282 e. The van der Waals surface area contributed by atoms with Gasteiger partial charge >= 0.3 is 0 Å². The Morgan fingerprint density at radius 1 is 1.06 bits per heavy atom. The Kier molecular flexibility index (Phi) is 7.65. The van der Waals surface area contributed by atoms with Crippen LogP contribution in [0, 0.1) is 13.8 Å². The molecule has 1 saturated heterocycles. The Balaban J connectivity index is 1.51. The van der Waals surface area contributed by atoms with Gasteiger partial charge in [0.25, 0.3) is 11.8 Å². The van der Waals surface area contributed by atoms with Crippen molar-refractivity contribution >= 4 is 28.9 Å². The first-order valence-corrected chi connectivity index (χ1v) is 10.8. The molecule has 1 aliphatic heterocycles. The first-order valence-electron chi connectivity index (χ1n) is 10.8. The Bertz CT molecular complexity index is 908. The van der Waals surface area contributed by atoms with Crippen LogP contribution in [0.2, 0.25) is 0 Å². The molecule has 1 heterocycles. The van der Waals surface area contributed by atoms with E-state index in [2.05, 4.69) is 15.5 Å². The summed E-state index contributed by atoms with van der Waals surface area (Å²) in [4.78, 5) is 28.3. The maximum atomic E-state index is 12.7. The Labute approximate surface area is 184 Å². The number of nitrogens with zero attached hydrogens (tertiary/aromatic N) is 1. The minimum Gasteiger partial charge on any atom is -0.378 e. The number of carbonyl (C=O) groups is 2. The van der Waals surface area contributed by atoms with Crippen LogP contribution in [0.5, 0.6) is 0 Å². The van der Waals surface area contributed by atoms with Gasteiger partial charge < -0.3 is 25.2 Å². The zero-order valence-corrected chi connectivity index (χ0v) is 18.8. The summed E-state index contributed by atoms with van der Waals surface area (Å²) in [7, 11) is 1.86. The zero-order valence-electron chi connectivity index (χ0n) is 18.8. The highest BCUT2D eigenvalue weighted by molar-refractivity contribution is 5.95. The highest BCUT2D eigenvalue weighted by Crippen LogP contribution is 2.19. The van der Waals surface area contributed by atoms with E-state index in [0.29, 0.717) is 0 Å². The molecule has 166 valence electrons. The highest BCUT2D eigenvalue weighted by Gasteiger charge is 2.24. The molecule has 0 bridgehead atoms. The van der Waals surface area contributed by atoms with E-state index in [4.69, 9.17) is 4.74 Å². The second-order valence-electron chi connectivity index (χ2n) is 8.25. The summed E-state index contributed by atoms with van der Waals surface area (Å²) >= 11 is 0. The van der Waals surface area contributed by atoms with Gasteiger partial charge in [0, 0.05) is 30.2 Å². The van der Waals surface area contributed by atoms with Gasteiger partial charge in [-0.1, -0.05) is 12.1 Å². The molecule has 0 aliphatic carbocycles. The summed E-state index contributed by atoms with van der Waals surface area (Å²) in [6.07, 6.45) is 0. The molecule has 31 heavy (non-hydrogen) atoms. The quantitative estimate of drug-likeness (QED) is 0.630. The minimum absolute atomic E-state index is 0.110. The van der Waals surface area contributed by atoms with Gasteiger partial charge in [0.2, 0.25) is 0 Å². The molecule has 2 atom stereocenters. The fourth-order valence-electron chi connectivity index (χ4n) is 3.52. The number of ether oxygens (including phenoxy) is 1. The summed E-state index contributed by atoms with van der Waals surface area (Å²) in [5.74, 6) is -0.225. The average molecular weight is 426 g/mol. The molecule has 7 nitrogen and oxygen atoms in total. The van der Waals surface area contributed by atoms with Crippen molar-refractivity contribution in [2.24, 2.45) is 0 Å². The number of carbonyl (C=O) groups excluding carboxylic acids is 2. The van der Waals surface area contributed by atoms with Gasteiger partial charge in [-0.15, -0.1) is 0 Å². The summed E-state index contributed by atoms with van der Waals surface area (Å²) in [5.41, 5.74) is 4.80. The number of quaternary nitrogens is 1. The van der Waals surface area contributed by atoms with Gasteiger partial charge in [-0.3, -0.25) is 9.59 Å². The van der Waals surface area contributed by atoms with Gasteiger partial charge in [0.05, 0.1) is 20.3 Å². The number of benzene rings is 2. The number of rotatable bonds is 7. The summed E-state index contributed by atoms with van der Waals surface area (Å²) in [6, 6.07) is 13.4. The third-order valence-electron chi connectivity index (χ3n) is 5.75. The van der Waals surface area contributed by atoms with E-state index in [9.17, 15) is 9.59 Å². The van der Waals surface area contributed by atoms with Crippen molar-refractivity contribution in [2.45, 2.75) is 26.8 Å². The van der Waals surface area contributed by atoms with Crippen LogP contribution in [0.4, 0.5) is 17.1 Å². The monoisotopic (exact) mass is 425 g/mol. The lowest BCUT2D eigenvalue weighted by Gasteiger charge is -2.29. The first-order chi connectivity index (χ1) is 14.8. The summed E-state index contributed by atoms with van der Waals surface area (Å²) in [6.45, 7) is 9.22. The van der Waals surface area contributed by atoms with Crippen LogP contribution < -0.4 is 20.4 Å². The predicted octanol–water partition coefficient (Wildman–Crippen LogP) is 1.62. The van der Waals surface area contributed by atoms with Gasteiger partial charge in [-0.2, -0.15) is 0 Å². The van der Waals surface area contributed by atoms with Gasteiger partial charge in [-0.05, 0) is 62.2 Å². The lowest BCUT2D eigenvalue weighted by atomic mass is 10.1. The predicted molar refractivity (Wildman–Crippen MR) is 124 cm³/mol. The standard InChI is InChI=1S/C24H32N4O3/c1-17-5-6-18(2)22(15-17)26-23(29)16-27(4)19(3)24(30)25-20-7-9-21(10-8-20)28-11-13-31-14-12-28/h5-10,15,19H,11-14,16H2,1-4H3,(H,25,30)(H,26,29)/p+1/t19-/m0/s1. The third-order valence-corrected chi connectivity index (χ3v) is 5.75. The maximum Gasteiger partial charge on any atom is 0.282 e. The largest absolute Gasteiger partial charge is 0.378 e. The average Bonchev–Trinajstić information content (AvgIpc) is 2.76. The highest BCUT2D eigenvalue weighted by atomic mass is 16.5. The van der Waals surface area contributed by atoms with Crippen LogP contribution in [0.3, 0.4) is 0 Å². The van der Waals surface area contributed by atoms with Crippen molar-refractivity contribution in [3.8, 4) is 0 Å². The summed E-state index contributed by atoms with van der Waals surface area (Å²) < 4.78 is 5.39. The molecule has 1 fully saturated rings. The van der Waals surface area contributed by atoms with E-state index in [1.807, 2.05) is 70.3 Å².